The van der Waals surface area contributed by atoms with E-state index in [0.29, 0.717) is 6.54 Å². The van der Waals surface area contributed by atoms with Crippen molar-refractivity contribution in [1.29, 1.82) is 0 Å². The molecule has 0 radical (unpaired) electrons. The lowest BCUT2D eigenvalue weighted by molar-refractivity contribution is -0.130. The van der Waals surface area contributed by atoms with Gasteiger partial charge in [0, 0.05) is 35.2 Å². The first-order chi connectivity index (χ1) is 14.5. The number of benzene rings is 2. The van der Waals surface area contributed by atoms with Crippen LogP contribution in [-0.2, 0) is 16.1 Å². The lowest BCUT2D eigenvalue weighted by atomic mass is 10.1. The molecule has 0 spiro atoms. The highest BCUT2D eigenvalue weighted by atomic mass is 32.1. The van der Waals surface area contributed by atoms with Crippen molar-refractivity contribution >= 4 is 46.1 Å². The van der Waals surface area contributed by atoms with Crippen LogP contribution in [0.1, 0.15) is 31.4 Å². The van der Waals surface area contributed by atoms with E-state index in [1.54, 1.807) is 6.08 Å². The highest BCUT2D eigenvalue weighted by molar-refractivity contribution is 7.80. The van der Waals surface area contributed by atoms with Crippen LogP contribution >= 0.6 is 12.2 Å². The molecule has 0 saturated carbocycles. The molecule has 6 heteroatoms. The summed E-state index contributed by atoms with van der Waals surface area (Å²) in [6.45, 7) is 4.61. The Kier molecular flexibility index (Phi) is 5.50. The lowest BCUT2D eigenvalue weighted by Crippen LogP contribution is -2.56. The molecule has 1 aliphatic rings. The zero-order chi connectivity index (χ0) is 21.3. The summed E-state index contributed by atoms with van der Waals surface area (Å²) < 4.78 is 2.14. The fourth-order valence-electron chi connectivity index (χ4n) is 3.71. The number of para-hydroxylation sites is 1. The lowest BCUT2D eigenvalue weighted by Gasteiger charge is -2.33. The maximum atomic E-state index is 13.1. The van der Waals surface area contributed by atoms with Gasteiger partial charge < -0.3 is 4.57 Å². The Labute approximate surface area is 181 Å². The summed E-state index contributed by atoms with van der Waals surface area (Å²) in [4.78, 5) is 27.2. The van der Waals surface area contributed by atoms with Gasteiger partial charge in [0.15, 0.2) is 5.11 Å². The number of rotatable bonds is 5. The molecule has 1 aliphatic heterocycles. The number of nitrogens with zero attached hydrogens (tertiary/aromatic N) is 2. The molecule has 2 aromatic carbocycles. The number of nitrogens with one attached hydrogen (secondary N) is 1. The van der Waals surface area contributed by atoms with Crippen LogP contribution in [0.5, 0.6) is 0 Å². The molecule has 1 N–H and O–H groups in total. The predicted molar refractivity (Wildman–Crippen MR) is 123 cm³/mol. The summed E-state index contributed by atoms with van der Waals surface area (Å²) in [7, 11) is 0. The Morgan fingerprint density at radius 2 is 1.77 bits per heavy atom. The minimum Gasteiger partial charge on any atom is -0.342 e. The quantitative estimate of drug-likeness (QED) is 0.386. The minimum atomic E-state index is -0.454. The van der Waals surface area contributed by atoms with Crippen LogP contribution in [0.15, 0.2) is 66.4 Å². The highest BCUT2D eigenvalue weighted by Crippen LogP contribution is 2.26. The van der Waals surface area contributed by atoms with Crippen molar-refractivity contribution in [2.24, 2.45) is 0 Å². The summed E-state index contributed by atoms with van der Waals surface area (Å²) >= 11 is 5.24. The molecule has 5 nitrogen and oxygen atoms in total. The smallest absolute Gasteiger partial charge is 0.265 e. The van der Waals surface area contributed by atoms with E-state index in [2.05, 4.69) is 22.0 Å². The van der Waals surface area contributed by atoms with Crippen molar-refractivity contribution in [3.63, 3.8) is 0 Å². The van der Waals surface area contributed by atoms with Crippen molar-refractivity contribution < 1.29 is 9.59 Å². The largest absolute Gasteiger partial charge is 0.342 e. The fourth-order valence-corrected chi connectivity index (χ4v) is 4.07. The molecule has 1 aromatic heterocycles. The van der Waals surface area contributed by atoms with Crippen LogP contribution in [0.2, 0.25) is 0 Å². The first kappa shape index (κ1) is 20.0. The number of thiocarbonyl (C=S) groups is 1. The van der Waals surface area contributed by atoms with E-state index in [0.717, 1.165) is 22.9 Å². The monoisotopic (exact) mass is 417 g/mol. The van der Waals surface area contributed by atoms with Crippen molar-refractivity contribution in [3.05, 3.63) is 77.5 Å². The summed E-state index contributed by atoms with van der Waals surface area (Å²) in [5, 5.41) is 3.82. The van der Waals surface area contributed by atoms with Gasteiger partial charge in [-0.25, -0.2) is 0 Å². The van der Waals surface area contributed by atoms with E-state index in [1.165, 1.54) is 10.5 Å². The summed E-state index contributed by atoms with van der Waals surface area (Å²) in [5.74, 6) is -0.803. The number of hydrogen-bond acceptors (Lipinski definition) is 3. The van der Waals surface area contributed by atoms with Gasteiger partial charge in [-0.1, -0.05) is 55.5 Å². The van der Waals surface area contributed by atoms with E-state index in [1.807, 2.05) is 62.5 Å². The van der Waals surface area contributed by atoms with E-state index in [4.69, 9.17) is 12.2 Å². The van der Waals surface area contributed by atoms with Crippen molar-refractivity contribution in [2.75, 3.05) is 0 Å². The molecular weight excluding hydrogens is 394 g/mol. The number of carbonyl (C=O) groups is 2. The third-order valence-electron chi connectivity index (χ3n) is 5.48. The van der Waals surface area contributed by atoms with Gasteiger partial charge >= 0.3 is 0 Å². The molecule has 0 unspecified atom stereocenters. The van der Waals surface area contributed by atoms with Gasteiger partial charge in [-0.2, -0.15) is 0 Å². The van der Waals surface area contributed by atoms with Crippen LogP contribution in [0, 0.1) is 0 Å². The minimum absolute atomic E-state index is 0.0894. The molecule has 4 rings (SSSR count). The molecule has 152 valence electrons. The number of hydrogen-bond donors (Lipinski definition) is 1. The van der Waals surface area contributed by atoms with Gasteiger partial charge in [-0.05, 0) is 43.3 Å². The van der Waals surface area contributed by atoms with Gasteiger partial charge in [0.2, 0.25) is 0 Å². The third kappa shape index (κ3) is 3.66. The Morgan fingerprint density at radius 1 is 1.07 bits per heavy atom. The number of fused-ring (bicyclic) bond motifs is 1. The Morgan fingerprint density at radius 3 is 2.50 bits per heavy atom. The zero-order valence-corrected chi connectivity index (χ0v) is 17.8. The van der Waals surface area contributed by atoms with E-state index in [-0.39, 0.29) is 22.6 Å². The molecule has 0 bridgehead atoms. The molecule has 3 aromatic rings. The van der Waals surface area contributed by atoms with Gasteiger partial charge in [0.25, 0.3) is 11.8 Å². The van der Waals surface area contributed by atoms with E-state index >= 15 is 0 Å². The SMILES string of the molecule is CC[C@H](C)N1C(=O)C(=Cc2cn(Cc3ccccc3)c3ccccc23)C(=O)NC1=S. The average Bonchev–Trinajstić information content (AvgIpc) is 3.09. The fraction of sp³-hybridized carbons (Fsp3) is 0.208. The second-order valence-electron chi connectivity index (χ2n) is 7.46. The molecule has 30 heavy (non-hydrogen) atoms. The first-order valence-electron chi connectivity index (χ1n) is 10.0. The first-order valence-corrected chi connectivity index (χ1v) is 10.4. The maximum absolute atomic E-state index is 13.1. The Bertz CT molecular complexity index is 1160. The molecule has 0 aliphatic carbocycles. The van der Waals surface area contributed by atoms with Crippen LogP contribution in [0.3, 0.4) is 0 Å². The van der Waals surface area contributed by atoms with Crippen LogP contribution in [0.4, 0.5) is 0 Å². The van der Waals surface area contributed by atoms with E-state index in [9.17, 15) is 9.59 Å². The second kappa shape index (κ2) is 8.24. The summed E-state index contributed by atoms with van der Waals surface area (Å²) in [6, 6.07) is 18.1. The van der Waals surface area contributed by atoms with Gasteiger partial charge in [0.05, 0.1) is 0 Å². The van der Waals surface area contributed by atoms with Gasteiger partial charge in [0.1, 0.15) is 5.57 Å². The predicted octanol–water partition coefficient (Wildman–Crippen LogP) is 4.11. The number of aromatic nitrogens is 1. The average molecular weight is 418 g/mol. The van der Waals surface area contributed by atoms with E-state index < -0.39 is 5.91 Å². The van der Waals surface area contributed by atoms with Crippen LogP contribution in [0.25, 0.3) is 17.0 Å². The molecule has 2 amide bonds. The molecule has 1 atom stereocenters. The Hall–Kier alpha value is -3.25. The summed E-state index contributed by atoms with van der Waals surface area (Å²) in [5.41, 5.74) is 3.16. The topological polar surface area (TPSA) is 54.3 Å². The van der Waals surface area contributed by atoms with Gasteiger partial charge in [-0.3, -0.25) is 19.8 Å². The standard InChI is InChI=1S/C24H23N3O2S/c1-3-16(2)27-23(29)20(22(28)25-24(27)30)13-18-15-26(14-17-9-5-4-6-10-17)21-12-8-7-11-19(18)21/h4-13,15-16H,3,14H2,1-2H3,(H,25,28,30)/t16-/m0/s1. The van der Waals surface area contributed by atoms with Crippen molar-refractivity contribution in [3.8, 4) is 0 Å². The van der Waals surface area contributed by atoms with Crippen LogP contribution < -0.4 is 5.32 Å². The Balaban J connectivity index is 1.77. The summed E-state index contributed by atoms with van der Waals surface area (Å²) in [6.07, 6.45) is 4.41. The number of carbonyl (C=O) groups excluding carboxylic acids is 2. The van der Waals surface area contributed by atoms with Crippen molar-refractivity contribution in [1.82, 2.24) is 14.8 Å². The van der Waals surface area contributed by atoms with Gasteiger partial charge in [-0.15, -0.1) is 0 Å². The van der Waals surface area contributed by atoms with Crippen molar-refractivity contribution in [2.45, 2.75) is 32.9 Å². The molecule has 2 heterocycles. The number of amides is 2. The zero-order valence-electron chi connectivity index (χ0n) is 17.0. The van der Waals surface area contributed by atoms with Crippen LogP contribution in [-0.4, -0.2) is 32.4 Å². The highest BCUT2D eigenvalue weighted by Gasteiger charge is 2.35. The third-order valence-corrected chi connectivity index (χ3v) is 5.78. The molecule has 1 saturated heterocycles. The molecular formula is C24H23N3O2S. The second-order valence-corrected chi connectivity index (χ2v) is 7.85. The maximum Gasteiger partial charge on any atom is 0.265 e. The normalized spacial score (nSPS) is 16.9. The molecule has 1 fully saturated rings.